The molecule has 3 aromatic rings. The lowest BCUT2D eigenvalue weighted by Crippen LogP contribution is -2.36. The van der Waals surface area contributed by atoms with Gasteiger partial charge < -0.3 is 25.0 Å². The van der Waals surface area contributed by atoms with Crippen molar-refractivity contribution in [1.29, 1.82) is 0 Å². The number of ether oxygens (including phenoxy) is 2. The van der Waals surface area contributed by atoms with Crippen LogP contribution in [-0.4, -0.2) is 50.2 Å². The monoisotopic (exact) mass is 482 g/mol. The number of fused-ring (bicyclic) bond motifs is 1. The summed E-state index contributed by atoms with van der Waals surface area (Å²) < 4.78 is 10.7. The standard InChI is InChI=1S/C25H27ClN4O4/c1-16-13-23(30-9-11-34-12-10-30)28-20-5-4-18(15-19(16)20)27-24(31)7-8-25(32)29-21-14-17(26)3-6-22(21)33-2/h3-6,13-15H,7-12H2,1-2H3,(H,27,31)(H,29,32). The van der Waals surface area contributed by atoms with Gasteiger partial charge in [-0.15, -0.1) is 0 Å². The molecule has 9 heteroatoms. The van der Waals surface area contributed by atoms with Gasteiger partial charge in [-0.1, -0.05) is 11.6 Å². The zero-order chi connectivity index (χ0) is 24.1. The summed E-state index contributed by atoms with van der Waals surface area (Å²) in [5.41, 5.74) is 3.08. The van der Waals surface area contributed by atoms with E-state index in [9.17, 15) is 9.59 Å². The maximum atomic E-state index is 12.5. The van der Waals surface area contributed by atoms with Gasteiger partial charge in [0, 0.05) is 42.0 Å². The molecular formula is C25H27ClN4O4. The highest BCUT2D eigenvalue weighted by Gasteiger charge is 2.15. The van der Waals surface area contributed by atoms with Gasteiger partial charge in [0.25, 0.3) is 0 Å². The Bertz CT molecular complexity index is 1210. The SMILES string of the molecule is COc1ccc(Cl)cc1NC(=O)CCC(=O)Nc1ccc2nc(N3CCOCC3)cc(C)c2c1. The van der Waals surface area contributed by atoms with Crippen LogP contribution >= 0.6 is 11.6 Å². The largest absolute Gasteiger partial charge is 0.495 e. The number of benzene rings is 2. The summed E-state index contributed by atoms with van der Waals surface area (Å²) in [6, 6.07) is 12.7. The van der Waals surface area contributed by atoms with Crippen LogP contribution in [0.3, 0.4) is 0 Å². The van der Waals surface area contributed by atoms with E-state index in [1.165, 1.54) is 7.11 Å². The lowest BCUT2D eigenvalue weighted by atomic mass is 10.1. The molecule has 178 valence electrons. The van der Waals surface area contributed by atoms with Crippen molar-refractivity contribution >= 4 is 51.5 Å². The number of nitrogens with one attached hydrogen (secondary N) is 2. The van der Waals surface area contributed by atoms with Crippen LogP contribution in [-0.2, 0) is 14.3 Å². The minimum Gasteiger partial charge on any atom is -0.495 e. The van der Waals surface area contributed by atoms with Crippen molar-refractivity contribution in [3.05, 3.63) is 53.1 Å². The Hall–Kier alpha value is -3.36. The van der Waals surface area contributed by atoms with E-state index < -0.39 is 0 Å². The predicted octanol–water partition coefficient (Wildman–Crippen LogP) is 4.40. The van der Waals surface area contributed by atoms with Crippen molar-refractivity contribution in [2.45, 2.75) is 19.8 Å². The molecule has 0 atom stereocenters. The number of aromatic nitrogens is 1. The highest BCUT2D eigenvalue weighted by Crippen LogP contribution is 2.28. The van der Waals surface area contributed by atoms with Gasteiger partial charge in [-0.05, 0) is 55.0 Å². The van der Waals surface area contributed by atoms with E-state index in [1.54, 1.807) is 18.2 Å². The Kier molecular flexibility index (Phi) is 7.49. The van der Waals surface area contributed by atoms with E-state index in [0.717, 1.165) is 35.4 Å². The van der Waals surface area contributed by atoms with Gasteiger partial charge >= 0.3 is 0 Å². The summed E-state index contributed by atoms with van der Waals surface area (Å²) in [6.07, 6.45) is 0.0680. The minimum atomic E-state index is -0.301. The molecule has 0 bridgehead atoms. The van der Waals surface area contributed by atoms with Gasteiger partial charge in [-0.2, -0.15) is 0 Å². The van der Waals surface area contributed by atoms with Crippen molar-refractivity contribution < 1.29 is 19.1 Å². The highest BCUT2D eigenvalue weighted by atomic mass is 35.5. The maximum absolute atomic E-state index is 12.5. The Morgan fingerprint density at radius 3 is 2.53 bits per heavy atom. The van der Waals surface area contributed by atoms with Gasteiger partial charge in [-0.25, -0.2) is 4.98 Å². The number of methoxy groups -OCH3 is 1. The molecule has 0 saturated carbocycles. The molecule has 1 aliphatic heterocycles. The second-order valence-electron chi connectivity index (χ2n) is 8.07. The molecule has 4 rings (SSSR count). The number of carbonyl (C=O) groups is 2. The van der Waals surface area contributed by atoms with Crippen molar-refractivity contribution in [3.8, 4) is 5.75 Å². The Morgan fingerprint density at radius 2 is 1.79 bits per heavy atom. The van der Waals surface area contributed by atoms with E-state index in [1.807, 2.05) is 25.1 Å². The first-order valence-corrected chi connectivity index (χ1v) is 11.5. The fourth-order valence-corrected chi connectivity index (χ4v) is 4.02. The van der Waals surface area contributed by atoms with Gasteiger partial charge in [0.15, 0.2) is 0 Å². The fraction of sp³-hybridized carbons (Fsp3) is 0.320. The lowest BCUT2D eigenvalue weighted by Gasteiger charge is -2.28. The first kappa shape index (κ1) is 23.8. The summed E-state index contributed by atoms with van der Waals surface area (Å²) in [6.45, 7) is 5.09. The molecule has 8 nitrogen and oxygen atoms in total. The lowest BCUT2D eigenvalue weighted by molar-refractivity contribution is -0.121. The third-order valence-electron chi connectivity index (χ3n) is 5.64. The molecule has 2 N–H and O–H groups in total. The predicted molar refractivity (Wildman–Crippen MR) is 134 cm³/mol. The van der Waals surface area contributed by atoms with E-state index in [2.05, 4.69) is 21.6 Å². The Morgan fingerprint density at radius 1 is 1.06 bits per heavy atom. The molecule has 1 saturated heterocycles. The Balaban J connectivity index is 1.36. The molecule has 2 amide bonds. The zero-order valence-corrected chi connectivity index (χ0v) is 19.9. The highest BCUT2D eigenvalue weighted by molar-refractivity contribution is 6.31. The summed E-state index contributed by atoms with van der Waals surface area (Å²) in [7, 11) is 1.51. The number of morpholine rings is 1. The van der Waals surface area contributed by atoms with E-state index in [4.69, 9.17) is 26.1 Å². The second-order valence-corrected chi connectivity index (χ2v) is 8.51. The van der Waals surface area contributed by atoms with Gasteiger partial charge in [0.05, 0.1) is 31.5 Å². The first-order chi connectivity index (χ1) is 16.4. The number of anilines is 3. The molecule has 0 radical (unpaired) electrons. The van der Waals surface area contributed by atoms with E-state index in [-0.39, 0.29) is 24.7 Å². The van der Waals surface area contributed by atoms with Crippen molar-refractivity contribution in [3.63, 3.8) is 0 Å². The van der Waals surface area contributed by atoms with Crippen molar-refractivity contribution in [2.24, 2.45) is 0 Å². The Labute approximate surface area is 203 Å². The van der Waals surface area contributed by atoms with Crippen LogP contribution in [0, 0.1) is 6.92 Å². The zero-order valence-electron chi connectivity index (χ0n) is 19.2. The molecule has 1 aliphatic rings. The van der Waals surface area contributed by atoms with E-state index >= 15 is 0 Å². The molecule has 0 aliphatic carbocycles. The topological polar surface area (TPSA) is 92.8 Å². The summed E-state index contributed by atoms with van der Waals surface area (Å²) in [4.78, 5) is 31.8. The number of aryl methyl sites for hydroxylation is 1. The quantitative estimate of drug-likeness (QED) is 0.518. The van der Waals surface area contributed by atoms with Crippen molar-refractivity contribution in [1.82, 2.24) is 4.98 Å². The van der Waals surface area contributed by atoms with Crippen LogP contribution in [0.1, 0.15) is 18.4 Å². The third kappa shape index (κ3) is 5.76. The maximum Gasteiger partial charge on any atom is 0.224 e. The van der Waals surface area contributed by atoms with Gasteiger partial charge in [-0.3, -0.25) is 9.59 Å². The van der Waals surface area contributed by atoms with Crippen LogP contribution in [0.15, 0.2) is 42.5 Å². The first-order valence-electron chi connectivity index (χ1n) is 11.1. The number of hydrogen-bond donors (Lipinski definition) is 2. The smallest absolute Gasteiger partial charge is 0.224 e. The molecule has 1 aromatic heterocycles. The summed E-state index contributed by atoms with van der Waals surface area (Å²) >= 11 is 5.99. The second kappa shape index (κ2) is 10.7. The van der Waals surface area contributed by atoms with Crippen molar-refractivity contribution in [2.75, 3.05) is 48.9 Å². The summed E-state index contributed by atoms with van der Waals surface area (Å²) in [5, 5.41) is 7.06. The van der Waals surface area contributed by atoms with Crippen LogP contribution < -0.4 is 20.3 Å². The minimum absolute atomic E-state index is 0.0264. The van der Waals surface area contributed by atoms with Crippen LogP contribution in [0.5, 0.6) is 5.75 Å². The number of pyridine rings is 1. The van der Waals surface area contributed by atoms with Gasteiger partial charge in [0.1, 0.15) is 11.6 Å². The van der Waals surface area contributed by atoms with Crippen LogP contribution in [0.4, 0.5) is 17.2 Å². The average molecular weight is 483 g/mol. The van der Waals surface area contributed by atoms with Crippen LogP contribution in [0.25, 0.3) is 10.9 Å². The number of rotatable bonds is 7. The molecule has 1 fully saturated rings. The van der Waals surface area contributed by atoms with Gasteiger partial charge in [0.2, 0.25) is 11.8 Å². The van der Waals surface area contributed by atoms with Crippen LogP contribution in [0.2, 0.25) is 5.02 Å². The molecule has 2 aromatic carbocycles. The average Bonchev–Trinajstić information content (AvgIpc) is 2.84. The summed E-state index contributed by atoms with van der Waals surface area (Å²) in [5.74, 6) is 0.888. The molecular weight excluding hydrogens is 456 g/mol. The molecule has 0 spiro atoms. The number of hydrogen-bond acceptors (Lipinski definition) is 6. The normalized spacial score (nSPS) is 13.6. The fourth-order valence-electron chi connectivity index (χ4n) is 3.85. The number of carbonyl (C=O) groups excluding carboxylic acids is 2. The third-order valence-corrected chi connectivity index (χ3v) is 5.87. The molecule has 0 unspecified atom stereocenters. The van der Waals surface area contributed by atoms with E-state index in [0.29, 0.717) is 35.4 Å². The number of amides is 2. The molecule has 2 heterocycles. The number of nitrogens with zero attached hydrogens (tertiary/aromatic N) is 2. The number of halogens is 1. The molecule has 34 heavy (non-hydrogen) atoms.